The van der Waals surface area contributed by atoms with Crippen LogP contribution in [0.2, 0.25) is 0 Å². The van der Waals surface area contributed by atoms with E-state index in [0.717, 1.165) is 122 Å². The van der Waals surface area contributed by atoms with Gasteiger partial charge in [0.25, 0.3) is 0 Å². The molecule has 0 aliphatic heterocycles. The molecule has 8 heteroatoms. The molecule has 6 heterocycles. The average Bonchev–Trinajstić information content (AvgIpc) is 4.11. The van der Waals surface area contributed by atoms with E-state index >= 15 is 0 Å². The van der Waals surface area contributed by atoms with E-state index in [2.05, 4.69) is 184 Å². The maximum atomic E-state index is 7.71. The zero-order valence-electron chi connectivity index (χ0n) is 35.9. The standard InChI is InChI=1S/C58H37N5O3/c1-58(2)44-32-48(62(35-16-5-3-6-17-35)46-25-11-21-38-40-23-13-28-60-56(40)65-52(38)46)50-43-31-34-15-9-10-20-37(34)51(54(43)64-55(50)49(44)42-27-30-59-33-45(42)58)63(36-18-7-4-8-19-36)47-26-12-22-39-41-24-14-29-61-57(41)66-53(39)47/h3-33H,1-2H3. The summed E-state index contributed by atoms with van der Waals surface area (Å²) in [6.45, 7) is 4.58. The van der Waals surface area contributed by atoms with Crippen LogP contribution in [0.15, 0.2) is 202 Å². The van der Waals surface area contributed by atoms with E-state index < -0.39 is 5.41 Å². The maximum absolute atomic E-state index is 7.71. The lowest BCUT2D eigenvalue weighted by Crippen LogP contribution is -2.17. The number of para-hydroxylation sites is 4. The Hall–Kier alpha value is -8.75. The fourth-order valence-corrected chi connectivity index (χ4v) is 10.7. The van der Waals surface area contributed by atoms with Gasteiger partial charge in [0.15, 0.2) is 16.7 Å². The van der Waals surface area contributed by atoms with Crippen molar-refractivity contribution in [2.24, 2.45) is 0 Å². The number of nitrogens with zero attached hydrogens (tertiary/aromatic N) is 5. The molecule has 0 saturated heterocycles. The summed E-state index contributed by atoms with van der Waals surface area (Å²) in [6, 6.07) is 57.2. The number of fused-ring (bicyclic) bond motifs is 14. The molecule has 1 aliphatic rings. The minimum atomic E-state index is -0.410. The third-order valence-electron chi connectivity index (χ3n) is 13.6. The van der Waals surface area contributed by atoms with Gasteiger partial charge < -0.3 is 23.1 Å². The zero-order valence-corrected chi connectivity index (χ0v) is 35.9. The van der Waals surface area contributed by atoms with Crippen LogP contribution in [0, 0.1) is 0 Å². The Kier molecular flexibility index (Phi) is 7.58. The molecule has 0 unspecified atom stereocenters. The van der Waals surface area contributed by atoms with E-state index in [1.54, 1.807) is 12.4 Å². The summed E-state index contributed by atoms with van der Waals surface area (Å²) < 4.78 is 21.2. The highest BCUT2D eigenvalue weighted by molar-refractivity contribution is 6.26. The predicted molar refractivity (Wildman–Crippen MR) is 266 cm³/mol. The average molecular weight is 852 g/mol. The second-order valence-corrected chi connectivity index (χ2v) is 17.6. The summed E-state index contributed by atoms with van der Waals surface area (Å²) in [4.78, 5) is 18.6. The molecular formula is C58H37N5O3. The fourth-order valence-electron chi connectivity index (χ4n) is 10.7. The van der Waals surface area contributed by atoms with Crippen molar-refractivity contribution in [3.63, 3.8) is 0 Å². The number of hydrogen-bond donors (Lipinski definition) is 0. The van der Waals surface area contributed by atoms with Gasteiger partial charge in [0.1, 0.15) is 5.58 Å². The molecule has 6 aromatic heterocycles. The molecule has 0 fully saturated rings. The molecule has 0 bridgehead atoms. The molecule has 14 rings (SSSR count). The van der Waals surface area contributed by atoms with Crippen molar-refractivity contribution in [3.05, 3.63) is 200 Å². The minimum Gasteiger partial charge on any atom is -0.453 e. The van der Waals surface area contributed by atoms with Crippen molar-refractivity contribution in [1.82, 2.24) is 15.0 Å². The van der Waals surface area contributed by atoms with Gasteiger partial charge in [-0.1, -0.05) is 98.8 Å². The lowest BCUT2D eigenvalue weighted by Gasteiger charge is -2.29. The van der Waals surface area contributed by atoms with E-state index in [1.165, 1.54) is 0 Å². The van der Waals surface area contributed by atoms with E-state index in [-0.39, 0.29) is 0 Å². The second kappa shape index (κ2) is 13.6. The summed E-state index contributed by atoms with van der Waals surface area (Å²) in [6.07, 6.45) is 7.46. The largest absolute Gasteiger partial charge is 0.453 e. The van der Waals surface area contributed by atoms with Crippen molar-refractivity contribution in [2.45, 2.75) is 19.3 Å². The Morgan fingerprint density at radius 3 is 1.71 bits per heavy atom. The fraction of sp³-hybridized carbons (Fsp3) is 0.0517. The molecule has 8 nitrogen and oxygen atoms in total. The van der Waals surface area contributed by atoms with Gasteiger partial charge in [-0.15, -0.1) is 0 Å². The third kappa shape index (κ3) is 5.06. The van der Waals surface area contributed by atoms with Gasteiger partial charge in [0.05, 0.1) is 28.1 Å². The van der Waals surface area contributed by atoms with Crippen molar-refractivity contribution in [1.29, 1.82) is 0 Å². The highest BCUT2D eigenvalue weighted by atomic mass is 16.3. The summed E-state index contributed by atoms with van der Waals surface area (Å²) >= 11 is 0. The van der Waals surface area contributed by atoms with Crippen LogP contribution >= 0.6 is 0 Å². The number of rotatable bonds is 6. The number of pyridine rings is 3. The molecule has 0 atom stereocenters. The summed E-state index contributed by atoms with van der Waals surface area (Å²) in [5.74, 6) is 0. The Morgan fingerprint density at radius 2 is 1.03 bits per heavy atom. The van der Waals surface area contributed by atoms with E-state index in [9.17, 15) is 0 Å². The first kappa shape index (κ1) is 36.7. The molecule has 0 saturated carbocycles. The van der Waals surface area contributed by atoms with Crippen LogP contribution in [0.25, 0.3) is 88.0 Å². The van der Waals surface area contributed by atoms with Gasteiger partial charge in [-0.3, -0.25) is 4.98 Å². The topological polar surface area (TPSA) is 84.6 Å². The molecule has 1 aliphatic carbocycles. The first-order valence-corrected chi connectivity index (χ1v) is 22.2. The van der Waals surface area contributed by atoms with Crippen LogP contribution in [0.4, 0.5) is 34.1 Å². The van der Waals surface area contributed by atoms with Crippen LogP contribution in [-0.4, -0.2) is 15.0 Å². The molecule has 0 N–H and O–H groups in total. The van der Waals surface area contributed by atoms with Crippen LogP contribution in [0.3, 0.4) is 0 Å². The molecule has 13 aromatic rings. The summed E-state index contributed by atoms with van der Waals surface area (Å²) in [7, 11) is 0. The van der Waals surface area contributed by atoms with E-state index in [4.69, 9.17) is 13.3 Å². The first-order valence-electron chi connectivity index (χ1n) is 22.2. The summed E-state index contributed by atoms with van der Waals surface area (Å²) in [5.41, 5.74) is 13.8. The highest BCUT2D eigenvalue weighted by Crippen LogP contribution is 2.58. The van der Waals surface area contributed by atoms with Gasteiger partial charge in [-0.2, -0.15) is 0 Å². The van der Waals surface area contributed by atoms with Crippen LogP contribution in [0.5, 0.6) is 0 Å². The number of hydrogen-bond acceptors (Lipinski definition) is 8. The van der Waals surface area contributed by atoms with Gasteiger partial charge in [0.2, 0.25) is 11.4 Å². The lowest BCUT2D eigenvalue weighted by molar-refractivity contribution is 0.650. The van der Waals surface area contributed by atoms with Gasteiger partial charge >= 0.3 is 0 Å². The van der Waals surface area contributed by atoms with Gasteiger partial charge in [-0.25, -0.2) is 9.97 Å². The second-order valence-electron chi connectivity index (χ2n) is 17.6. The minimum absolute atomic E-state index is 0.410. The SMILES string of the molecule is CC1(C)c2cnccc2-c2c1cc(N(c1ccccc1)c1cccc3c1oc1ncccc13)c1c2oc2c(N(c3ccccc3)c3cccc4c3oc3ncccc34)c3ccccc3cc21. The quantitative estimate of drug-likeness (QED) is 0.164. The van der Waals surface area contributed by atoms with Crippen LogP contribution in [-0.2, 0) is 5.41 Å². The molecule has 0 amide bonds. The Morgan fingerprint density at radius 1 is 0.439 bits per heavy atom. The predicted octanol–water partition coefficient (Wildman–Crippen LogP) is 16.0. The van der Waals surface area contributed by atoms with Crippen molar-refractivity contribution in [3.8, 4) is 11.1 Å². The van der Waals surface area contributed by atoms with Crippen molar-refractivity contribution >= 4 is 111 Å². The first-order chi connectivity index (χ1) is 32.5. The Balaban J connectivity index is 1.17. The normalized spacial score (nSPS) is 13.1. The van der Waals surface area contributed by atoms with Gasteiger partial charge in [-0.05, 0) is 101 Å². The summed E-state index contributed by atoms with van der Waals surface area (Å²) in [5, 5.41) is 7.94. The highest BCUT2D eigenvalue weighted by Gasteiger charge is 2.41. The lowest BCUT2D eigenvalue weighted by atomic mass is 9.82. The Bertz CT molecular complexity index is 4110. The monoisotopic (exact) mass is 851 g/mol. The van der Waals surface area contributed by atoms with Gasteiger partial charge in [0, 0.05) is 79.5 Å². The van der Waals surface area contributed by atoms with Crippen molar-refractivity contribution < 1.29 is 13.3 Å². The van der Waals surface area contributed by atoms with Crippen LogP contribution < -0.4 is 9.80 Å². The van der Waals surface area contributed by atoms with E-state index in [1.807, 2.05) is 30.6 Å². The Labute approximate surface area is 377 Å². The molecule has 0 spiro atoms. The van der Waals surface area contributed by atoms with E-state index in [0.29, 0.717) is 11.4 Å². The van der Waals surface area contributed by atoms with Crippen LogP contribution in [0.1, 0.15) is 25.0 Å². The molecule has 312 valence electrons. The molecule has 66 heavy (non-hydrogen) atoms. The molecular weight excluding hydrogens is 815 g/mol. The number of anilines is 6. The van der Waals surface area contributed by atoms with Crippen molar-refractivity contribution in [2.75, 3.05) is 9.80 Å². The maximum Gasteiger partial charge on any atom is 0.227 e. The zero-order chi connectivity index (χ0) is 43.7. The number of benzene rings is 7. The molecule has 0 radical (unpaired) electrons. The number of furan rings is 3. The smallest absolute Gasteiger partial charge is 0.227 e. The number of aromatic nitrogens is 3. The molecule has 7 aromatic carbocycles. The third-order valence-corrected chi connectivity index (χ3v) is 13.6.